The second kappa shape index (κ2) is 7.41. The molecule has 0 fully saturated rings. The Kier molecular flexibility index (Phi) is 5.32. The minimum Gasteiger partial charge on any atom is -0.478 e. The number of benzene rings is 1. The quantitative estimate of drug-likeness (QED) is 0.602. The number of nitrogen functional groups attached to an aromatic ring is 1. The lowest BCUT2D eigenvalue weighted by Gasteiger charge is -2.23. The number of aliphatic hydroxyl groups is 1. The van der Waals surface area contributed by atoms with Gasteiger partial charge in [-0.05, 0) is 31.2 Å². The van der Waals surface area contributed by atoms with Crippen LogP contribution < -0.4 is 16.0 Å². The molecule has 0 radical (unpaired) electrons. The predicted octanol–water partition coefficient (Wildman–Crippen LogP) is 1.32. The lowest BCUT2D eigenvalue weighted by Crippen LogP contribution is -2.28. The van der Waals surface area contributed by atoms with Gasteiger partial charge >= 0.3 is 5.97 Å². The highest BCUT2D eigenvalue weighted by Crippen LogP contribution is 2.28. The Balaban J connectivity index is 2.24. The number of carboxylic acids is 1. The second-order valence-corrected chi connectivity index (χ2v) is 4.77. The minimum absolute atomic E-state index is 0.00328. The number of carboxylic acid groups (broad SMARTS) is 1. The number of aromatic carboxylic acids is 1. The van der Waals surface area contributed by atoms with E-state index in [0.29, 0.717) is 36.1 Å². The molecule has 0 unspecified atom stereocenters. The molecule has 1 aromatic carbocycles. The maximum atomic E-state index is 10.9. The molecular weight excluding hydrogens is 298 g/mol. The fourth-order valence-corrected chi connectivity index (χ4v) is 2.11. The maximum Gasteiger partial charge on any atom is 0.335 e. The Morgan fingerprint density at radius 2 is 2.00 bits per heavy atom. The second-order valence-electron chi connectivity index (χ2n) is 4.77. The Bertz CT molecular complexity index is 675. The van der Waals surface area contributed by atoms with Gasteiger partial charge < -0.3 is 26.2 Å². The van der Waals surface area contributed by atoms with Crippen molar-refractivity contribution < 1.29 is 15.0 Å². The van der Waals surface area contributed by atoms with Crippen molar-refractivity contribution in [2.45, 2.75) is 6.92 Å². The van der Waals surface area contributed by atoms with Crippen molar-refractivity contribution in [2.24, 2.45) is 0 Å². The lowest BCUT2D eigenvalue weighted by atomic mass is 10.2. The summed E-state index contributed by atoms with van der Waals surface area (Å²) >= 11 is 0. The highest BCUT2D eigenvalue weighted by atomic mass is 16.4. The lowest BCUT2D eigenvalue weighted by molar-refractivity contribution is 0.0697. The third-order valence-corrected chi connectivity index (χ3v) is 3.31. The topological polar surface area (TPSA) is 125 Å². The first kappa shape index (κ1) is 16.5. The summed E-state index contributed by atoms with van der Waals surface area (Å²) < 4.78 is 0. The molecule has 2 rings (SSSR count). The fraction of sp³-hybridized carbons (Fsp3) is 0.267. The first-order valence-corrected chi connectivity index (χ1v) is 7.13. The van der Waals surface area contributed by atoms with E-state index >= 15 is 0 Å². The number of nitrogens with two attached hydrogens (primary N) is 1. The highest BCUT2D eigenvalue weighted by Gasteiger charge is 2.14. The van der Waals surface area contributed by atoms with Crippen LogP contribution in [0.2, 0.25) is 0 Å². The number of carbonyl (C=O) groups is 1. The van der Waals surface area contributed by atoms with Gasteiger partial charge in [-0.15, -0.1) is 0 Å². The molecule has 1 aromatic heterocycles. The van der Waals surface area contributed by atoms with Gasteiger partial charge in [0, 0.05) is 18.8 Å². The van der Waals surface area contributed by atoms with Gasteiger partial charge in [0.2, 0.25) is 0 Å². The first-order valence-electron chi connectivity index (χ1n) is 7.13. The summed E-state index contributed by atoms with van der Waals surface area (Å²) in [6, 6.07) is 6.26. The largest absolute Gasteiger partial charge is 0.478 e. The monoisotopic (exact) mass is 317 g/mol. The zero-order valence-electron chi connectivity index (χ0n) is 12.7. The van der Waals surface area contributed by atoms with Crippen molar-refractivity contribution in [1.82, 2.24) is 9.97 Å². The molecule has 0 saturated heterocycles. The summed E-state index contributed by atoms with van der Waals surface area (Å²) in [4.78, 5) is 21.0. The van der Waals surface area contributed by atoms with Gasteiger partial charge in [0.25, 0.3) is 0 Å². The van der Waals surface area contributed by atoms with Crippen LogP contribution in [0.25, 0.3) is 0 Å². The molecule has 0 aliphatic heterocycles. The molecule has 0 bridgehead atoms. The molecule has 122 valence electrons. The van der Waals surface area contributed by atoms with Crippen molar-refractivity contribution in [3.8, 4) is 0 Å². The summed E-state index contributed by atoms with van der Waals surface area (Å²) in [6.07, 6.45) is 1.39. The number of aromatic nitrogens is 2. The van der Waals surface area contributed by atoms with Gasteiger partial charge in [0.15, 0.2) is 11.6 Å². The van der Waals surface area contributed by atoms with E-state index in [1.807, 2.05) is 11.8 Å². The van der Waals surface area contributed by atoms with Gasteiger partial charge in [-0.1, -0.05) is 0 Å². The van der Waals surface area contributed by atoms with E-state index in [1.165, 1.54) is 18.5 Å². The number of aliphatic hydroxyl groups excluding tert-OH is 1. The minimum atomic E-state index is -0.983. The van der Waals surface area contributed by atoms with Crippen LogP contribution in [0.15, 0.2) is 30.6 Å². The maximum absolute atomic E-state index is 10.9. The molecule has 23 heavy (non-hydrogen) atoms. The summed E-state index contributed by atoms with van der Waals surface area (Å²) in [7, 11) is 0. The molecule has 5 N–H and O–H groups in total. The summed E-state index contributed by atoms with van der Waals surface area (Å²) in [6.45, 7) is 3.00. The summed E-state index contributed by atoms with van der Waals surface area (Å²) in [5.74, 6) is -0.0151. The number of anilines is 4. The molecular formula is C15H19N5O3. The highest BCUT2D eigenvalue weighted by molar-refractivity contribution is 5.88. The Hall–Kier alpha value is -2.87. The van der Waals surface area contributed by atoms with Gasteiger partial charge in [0.1, 0.15) is 12.0 Å². The van der Waals surface area contributed by atoms with Crippen LogP contribution in [-0.4, -0.2) is 45.8 Å². The molecule has 8 nitrogen and oxygen atoms in total. The van der Waals surface area contributed by atoms with E-state index in [-0.39, 0.29) is 12.2 Å². The standard InChI is InChI=1S/C15H19N5O3/c1-2-20(7-8-21)14-12(16)13(17-9-18-14)19-11-5-3-10(4-6-11)15(22)23/h3-6,9,21H,2,7-8,16H2,1H3,(H,22,23)(H,17,18,19). The normalized spacial score (nSPS) is 10.3. The number of nitrogens with zero attached hydrogens (tertiary/aromatic N) is 3. The third kappa shape index (κ3) is 3.86. The van der Waals surface area contributed by atoms with E-state index < -0.39 is 5.97 Å². The number of rotatable bonds is 7. The Morgan fingerprint density at radius 1 is 1.30 bits per heavy atom. The number of likely N-dealkylation sites (N-methyl/N-ethyl adjacent to an activating group) is 1. The zero-order chi connectivity index (χ0) is 16.8. The van der Waals surface area contributed by atoms with E-state index in [4.69, 9.17) is 15.9 Å². The van der Waals surface area contributed by atoms with Crippen molar-refractivity contribution in [3.63, 3.8) is 0 Å². The van der Waals surface area contributed by atoms with Crippen LogP contribution in [0.4, 0.5) is 23.0 Å². The molecule has 0 aliphatic carbocycles. The average molecular weight is 317 g/mol. The predicted molar refractivity (Wildman–Crippen MR) is 88.1 cm³/mol. The van der Waals surface area contributed by atoms with E-state index in [1.54, 1.807) is 12.1 Å². The molecule has 0 spiro atoms. The SMILES string of the molecule is CCN(CCO)c1ncnc(Nc2ccc(C(=O)O)cc2)c1N. The van der Waals surface area contributed by atoms with Crippen molar-refractivity contribution >= 4 is 29.0 Å². The van der Waals surface area contributed by atoms with E-state index in [9.17, 15) is 4.79 Å². The summed E-state index contributed by atoms with van der Waals surface area (Å²) in [5.41, 5.74) is 7.34. The molecule has 0 amide bonds. The summed E-state index contributed by atoms with van der Waals surface area (Å²) in [5, 5.41) is 21.0. The van der Waals surface area contributed by atoms with Crippen molar-refractivity contribution in [2.75, 3.05) is 35.6 Å². The average Bonchev–Trinajstić information content (AvgIpc) is 2.55. The van der Waals surface area contributed by atoms with Crippen LogP contribution >= 0.6 is 0 Å². The Labute approximate surface area is 133 Å². The van der Waals surface area contributed by atoms with Crippen molar-refractivity contribution in [1.29, 1.82) is 0 Å². The van der Waals surface area contributed by atoms with Crippen LogP contribution in [0.5, 0.6) is 0 Å². The molecule has 0 atom stereocenters. The smallest absolute Gasteiger partial charge is 0.335 e. The zero-order valence-corrected chi connectivity index (χ0v) is 12.7. The molecule has 0 aliphatic rings. The van der Waals surface area contributed by atoms with Crippen LogP contribution in [-0.2, 0) is 0 Å². The fourth-order valence-electron chi connectivity index (χ4n) is 2.11. The Morgan fingerprint density at radius 3 is 2.57 bits per heavy atom. The first-order chi connectivity index (χ1) is 11.1. The van der Waals surface area contributed by atoms with E-state index in [0.717, 1.165) is 0 Å². The third-order valence-electron chi connectivity index (χ3n) is 3.31. The molecule has 1 heterocycles. The van der Waals surface area contributed by atoms with Crippen LogP contribution in [0.3, 0.4) is 0 Å². The van der Waals surface area contributed by atoms with Crippen LogP contribution in [0.1, 0.15) is 17.3 Å². The number of hydrogen-bond donors (Lipinski definition) is 4. The number of nitrogens with one attached hydrogen (secondary N) is 1. The molecule has 8 heteroatoms. The van der Waals surface area contributed by atoms with Gasteiger partial charge in [-0.3, -0.25) is 0 Å². The number of hydrogen-bond acceptors (Lipinski definition) is 7. The van der Waals surface area contributed by atoms with Crippen molar-refractivity contribution in [3.05, 3.63) is 36.2 Å². The van der Waals surface area contributed by atoms with Gasteiger partial charge in [-0.25, -0.2) is 14.8 Å². The van der Waals surface area contributed by atoms with Gasteiger partial charge in [0.05, 0.1) is 12.2 Å². The van der Waals surface area contributed by atoms with Crippen LogP contribution in [0, 0.1) is 0 Å². The molecule has 0 saturated carbocycles. The molecule has 2 aromatic rings. The van der Waals surface area contributed by atoms with E-state index in [2.05, 4.69) is 15.3 Å². The van der Waals surface area contributed by atoms with Gasteiger partial charge in [-0.2, -0.15) is 0 Å².